The number of ether oxygens (including phenoxy) is 1. The number of hydrogen-bond acceptors (Lipinski definition) is 4. The van der Waals surface area contributed by atoms with Crippen molar-refractivity contribution in [3.63, 3.8) is 0 Å². The normalized spacial score (nSPS) is 20.8. The van der Waals surface area contributed by atoms with Gasteiger partial charge in [0, 0.05) is 0 Å². The summed E-state index contributed by atoms with van der Waals surface area (Å²) in [5, 5.41) is 11.5. The van der Waals surface area contributed by atoms with Crippen LogP contribution in [0.1, 0.15) is 32.8 Å². The highest BCUT2D eigenvalue weighted by Gasteiger charge is 2.51. The minimum absolute atomic E-state index is 0.0276. The molecule has 124 valence electrons. The van der Waals surface area contributed by atoms with Crippen LogP contribution in [0.4, 0.5) is 4.79 Å². The molecule has 7 nitrogen and oxygen atoms in total. The first-order valence-electron chi connectivity index (χ1n) is 7.43. The smallest absolute Gasteiger partial charge is 0.325 e. The Bertz CT molecular complexity index is 626. The largest absolute Gasteiger partial charge is 0.491 e. The Morgan fingerprint density at radius 2 is 1.91 bits per heavy atom. The molecule has 1 aromatic carbocycles. The first-order valence-corrected chi connectivity index (χ1v) is 7.43. The van der Waals surface area contributed by atoms with Gasteiger partial charge in [0.25, 0.3) is 5.91 Å². The molecule has 1 atom stereocenters. The number of amides is 3. The van der Waals surface area contributed by atoms with E-state index >= 15 is 0 Å². The molecule has 1 fully saturated rings. The number of urea groups is 1. The van der Waals surface area contributed by atoms with Crippen molar-refractivity contribution < 1.29 is 24.2 Å². The van der Waals surface area contributed by atoms with E-state index in [2.05, 4.69) is 5.32 Å². The highest BCUT2D eigenvalue weighted by molar-refractivity contribution is 6.09. The van der Waals surface area contributed by atoms with Gasteiger partial charge in [-0.3, -0.25) is 14.5 Å². The maximum Gasteiger partial charge on any atom is 0.325 e. The predicted molar refractivity (Wildman–Crippen MR) is 82.1 cm³/mol. The number of carbonyl (C=O) groups excluding carboxylic acids is 2. The van der Waals surface area contributed by atoms with E-state index in [4.69, 9.17) is 9.84 Å². The molecule has 1 aliphatic heterocycles. The third-order valence-electron chi connectivity index (χ3n) is 3.72. The number of aliphatic carboxylic acids is 1. The summed E-state index contributed by atoms with van der Waals surface area (Å²) in [5.41, 5.74) is -0.634. The summed E-state index contributed by atoms with van der Waals surface area (Å²) in [6.45, 7) is 4.93. The summed E-state index contributed by atoms with van der Waals surface area (Å²) < 4.78 is 5.56. The van der Waals surface area contributed by atoms with Gasteiger partial charge in [0.2, 0.25) is 0 Å². The number of nitrogens with one attached hydrogen (secondary N) is 1. The van der Waals surface area contributed by atoms with Crippen molar-refractivity contribution in [3.8, 4) is 5.75 Å². The lowest BCUT2D eigenvalue weighted by molar-refractivity contribution is -0.143. The van der Waals surface area contributed by atoms with Crippen molar-refractivity contribution in [2.75, 3.05) is 6.54 Å². The number of benzene rings is 1. The summed E-state index contributed by atoms with van der Waals surface area (Å²) >= 11 is 0. The van der Waals surface area contributed by atoms with Crippen molar-refractivity contribution in [1.29, 1.82) is 0 Å². The standard InChI is InChI=1S/C16H20N2O5/c1-4-16(11-5-7-12(8-6-11)23-10(2)3)14(21)18(9-13(19)20)15(22)17-16/h5-8,10H,4,9H2,1-3H3,(H,17,22)(H,19,20). The third kappa shape index (κ3) is 3.13. The molecule has 1 aromatic rings. The quantitative estimate of drug-likeness (QED) is 0.778. The van der Waals surface area contributed by atoms with E-state index < -0.39 is 30.0 Å². The van der Waals surface area contributed by atoms with Gasteiger partial charge in [-0.15, -0.1) is 0 Å². The zero-order chi connectivity index (χ0) is 17.2. The van der Waals surface area contributed by atoms with Gasteiger partial charge in [-0.05, 0) is 38.0 Å². The van der Waals surface area contributed by atoms with Crippen molar-refractivity contribution >= 4 is 17.9 Å². The molecule has 3 amide bonds. The molecule has 2 N–H and O–H groups in total. The van der Waals surface area contributed by atoms with Gasteiger partial charge < -0.3 is 15.2 Å². The van der Waals surface area contributed by atoms with Gasteiger partial charge in [0.15, 0.2) is 0 Å². The molecule has 0 saturated carbocycles. The average molecular weight is 320 g/mol. The van der Waals surface area contributed by atoms with Crippen LogP contribution in [0, 0.1) is 0 Å². The fourth-order valence-corrected chi connectivity index (χ4v) is 2.63. The first-order chi connectivity index (χ1) is 10.8. The second-order valence-corrected chi connectivity index (χ2v) is 5.67. The Kier molecular flexibility index (Phi) is 4.58. The first kappa shape index (κ1) is 16.8. The molecular weight excluding hydrogens is 300 g/mol. The minimum atomic E-state index is -1.24. The van der Waals surface area contributed by atoms with Crippen LogP contribution in [-0.4, -0.2) is 40.6 Å². The van der Waals surface area contributed by atoms with E-state index in [1.807, 2.05) is 13.8 Å². The molecule has 1 unspecified atom stereocenters. The van der Waals surface area contributed by atoms with Crippen LogP contribution in [0.2, 0.25) is 0 Å². The Balaban J connectivity index is 2.32. The molecule has 7 heteroatoms. The molecule has 0 radical (unpaired) electrons. The molecule has 0 aromatic heterocycles. The number of imide groups is 1. The maximum atomic E-state index is 12.6. The predicted octanol–water partition coefficient (Wildman–Crippen LogP) is 1.72. The molecule has 1 saturated heterocycles. The second-order valence-electron chi connectivity index (χ2n) is 5.67. The Morgan fingerprint density at radius 3 is 2.39 bits per heavy atom. The average Bonchev–Trinajstić information content (AvgIpc) is 2.72. The second kappa shape index (κ2) is 6.28. The highest BCUT2D eigenvalue weighted by Crippen LogP contribution is 2.33. The molecular formula is C16H20N2O5. The maximum absolute atomic E-state index is 12.6. The lowest BCUT2D eigenvalue weighted by Gasteiger charge is -2.26. The Morgan fingerprint density at radius 1 is 1.30 bits per heavy atom. The van der Waals surface area contributed by atoms with Crippen LogP contribution in [0.25, 0.3) is 0 Å². The van der Waals surface area contributed by atoms with Crippen LogP contribution in [0.3, 0.4) is 0 Å². The van der Waals surface area contributed by atoms with Crippen LogP contribution >= 0.6 is 0 Å². The van der Waals surface area contributed by atoms with Gasteiger partial charge in [-0.25, -0.2) is 4.79 Å². The fraction of sp³-hybridized carbons (Fsp3) is 0.438. The lowest BCUT2D eigenvalue weighted by Crippen LogP contribution is -2.43. The number of carboxylic acids is 1. The molecule has 2 rings (SSSR count). The van der Waals surface area contributed by atoms with Crippen LogP contribution in [0.15, 0.2) is 24.3 Å². The van der Waals surface area contributed by atoms with E-state index in [1.54, 1.807) is 31.2 Å². The number of rotatable bonds is 6. The van der Waals surface area contributed by atoms with E-state index in [0.717, 1.165) is 4.90 Å². The van der Waals surface area contributed by atoms with Gasteiger partial charge in [-0.1, -0.05) is 19.1 Å². The van der Waals surface area contributed by atoms with Crippen molar-refractivity contribution in [3.05, 3.63) is 29.8 Å². The van der Waals surface area contributed by atoms with Crippen molar-refractivity contribution in [2.45, 2.75) is 38.8 Å². The van der Waals surface area contributed by atoms with Gasteiger partial charge in [0.05, 0.1) is 6.10 Å². The lowest BCUT2D eigenvalue weighted by atomic mass is 9.87. The summed E-state index contributed by atoms with van der Waals surface area (Å²) in [4.78, 5) is 36.2. The summed E-state index contributed by atoms with van der Waals surface area (Å²) in [6, 6.07) is 6.19. The van der Waals surface area contributed by atoms with E-state index in [-0.39, 0.29) is 6.10 Å². The van der Waals surface area contributed by atoms with E-state index in [9.17, 15) is 14.4 Å². The highest BCUT2D eigenvalue weighted by atomic mass is 16.5. The molecule has 1 heterocycles. The van der Waals surface area contributed by atoms with Gasteiger partial charge >= 0.3 is 12.0 Å². The topological polar surface area (TPSA) is 95.9 Å². The molecule has 0 bridgehead atoms. The van der Waals surface area contributed by atoms with Crippen LogP contribution in [-0.2, 0) is 15.1 Å². The molecule has 0 spiro atoms. The molecule has 23 heavy (non-hydrogen) atoms. The molecule has 0 aliphatic carbocycles. The zero-order valence-corrected chi connectivity index (χ0v) is 13.3. The Hall–Kier alpha value is -2.57. The zero-order valence-electron chi connectivity index (χ0n) is 13.3. The SMILES string of the molecule is CCC1(c2ccc(OC(C)C)cc2)NC(=O)N(CC(=O)O)C1=O. The summed E-state index contributed by atoms with van der Waals surface area (Å²) in [7, 11) is 0. The summed E-state index contributed by atoms with van der Waals surface area (Å²) in [6.07, 6.45) is 0.345. The van der Waals surface area contributed by atoms with Crippen molar-refractivity contribution in [2.24, 2.45) is 0 Å². The van der Waals surface area contributed by atoms with Crippen molar-refractivity contribution in [1.82, 2.24) is 10.2 Å². The van der Waals surface area contributed by atoms with Gasteiger partial charge in [-0.2, -0.15) is 0 Å². The third-order valence-corrected chi connectivity index (χ3v) is 3.72. The van der Waals surface area contributed by atoms with E-state index in [1.165, 1.54) is 0 Å². The summed E-state index contributed by atoms with van der Waals surface area (Å²) in [5.74, 6) is -1.12. The minimum Gasteiger partial charge on any atom is -0.491 e. The van der Waals surface area contributed by atoms with Crippen LogP contribution < -0.4 is 10.1 Å². The number of carbonyl (C=O) groups is 3. The van der Waals surface area contributed by atoms with Gasteiger partial charge in [0.1, 0.15) is 17.8 Å². The Labute approximate surface area is 134 Å². The monoisotopic (exact) mass is 320 g/mol. The number of carboxylic acid groups (broad SMARTS) is 1. The number of hydrogen-bond donors (Lipinski definition) is 2. The fourth-order valence-electron chi connectivity index (χ4n) is 2.63. The number of nitrogens with zero attached hydrogens (tertiary/aromatic N) is 1. The van der Waals surface area contributed by atoms with E-state index in [0.29, 0.717) is 17.7 Å². The van der Waals surface area contributed by atoms with Crippen LogP contribution in [0.5, 0.6) is 5.75 Å². The molecule has 1 aliphatic rings.